The fourth-order valence-corrected chi connectivity index (χ4v) is 4.07. The first-order chi connectivity index (χ1) is 9.74. The summed E-state index contributed by atoms with van der Waals surface area (Å²) in [4.78, 5) is 11.9. The summed E-state index contributed by atoms with van der Waals surface area (Å²) < 4.78 is 0. The van der Waals surface area contributed by atoms with E-state index in [-0.39, 0.29) is 10.8 Å². The highest BCUT2D eigenvalue weighted by atomic mass is 16.4. The summed E-state index contributed by atoms with van der Waals surface area (Å²) in [5.74, 6) is -0.757. The largest absolute Gasteiger partial charge is 0.478 e. The minimum Gasteiger partial charge on any atom is -0.478 e. The van der Waals surface area contributed by atoms with Gasteiger partial charge in [0.1, 0.15) is 0 Å². The highest BCUT2D eigenvalue weighted by Gasteiger charge is 2.48. The van der Waals surface area contributed by atoms with Crippen molar-refractivity contribution < 1.29 is 9.90 Å². The molecule has 1 N–H and O–H groups in total. The zero-order valence-corrected chi connectivity index (χ0v) is 13.8. The molecule has 0 radical (unpaired) electrons. The van der Waals surface area contributed by atoms with Crippen molar-refractivity contribution in [2.45, 2.75) is 64.7 Å². The minimum atomic E-state index is -0.757. The fraction of sp³-hybridized carbons (Fsp3) is 0.526. The standard InChI is InChI=1S/C19H26O2/c1-6-7-10-13(17(20)21)16-18(2,3)14-11-8-9-12-15(14)19(16,4)5/h8-9,11-12H,6-7,10H2,1-5H3,(H,20,21). The van der Waals surface area contributed by atoms with Crippen molar-refractivity contribution in [1.82, 2.24) is 0 Å². The number of aliphatic carboxylic acids is 1. The van der Waals surface area contributed by atoms with Gasteiger partial charge in [0.25, 0.3) is 0 Å². The van der Waals surface area contributed by atoms with Crippen LogP contribution >= 0.6 is 0 Å². The minimum absolute atomic E-state index is 0.221. The zero-order chi connectivity index (χ0) is 15.8. The second-order valence-electron chi connectivity index (χ2n) is 7.06. The molecular weight excluding hydrogens is 260 g/mol. The Labute approximate surface area is 127 Å². The van der Waals surface area contributed by atoms with E-state index < -0.39 is 5.97 Å². The van der Waals surface area contributed by atoms with Gasteiger partial charge in [0, 0.05) is 16.4 Å². The van der Waals surface area contributed by atoms with Crippen molar-refractivity contribution in [1.29, 1.82) is 0 Å². The number of rotatable bonds is 4. The zero-order valence-electron chi connectivity index (χ0n) is 13.8. The van der Waals surface area contributed by atoms with Crippen molar-refractivity contribution >= 4 is 5.97 Å². The van der Waals surface area contributed by atoms with E-state index in [9.17, 15) is 9.90 Å². The van der Waals surface area contributed by atoms with Crippen LogP contribution in [-0.4, -0.2) is 11.1 Å². The van der Waals surface area contributed by atoms with E-state index in [1.54, 1.807) is 0 Å². The van der Waals surface area contributed by atoms with Crippen molar-refractivity contribution in [2.24, 2.45) is 0 Å². The molecule has 0 fully saturated rings. The average molecular weight is 286 g/mol. The summed E-state index contributed by atoms with van der Waals surface area (Å²) >= 11 is 0. The molecule has 0 saturated carbocycles. The summed E-state index contributed by atoms with van der Waals surface area (Å²) in [5.41, 5.74) is 3.78. The Hall–Kier alpha value is -1.57. The van der Waals surface area contributed by atoms with Crippen LogP contribution < -0.4 is 0 Å². The number of benzene rings is 1. The molecule has 1 aliphatic rings. The van der Waals surface area contributed by atoms with E-state index in [2.05, 4.69) is 46.8 Å². The van der Waals surface area contributed by atoms with E-state index in [1.807, 2.05) is 12.1 Å². The van der Waals surface area contributed by atoms with Crippen LogP contribution in [0.1, 0.15) is 65.0 Å². The lowest BCUT2D eigenvalue weighted by Gasteiger charge is -2.31. The summed E-state index contributed by atoms with van der Waals surface area (Å²) in [6.45, 7) is 10.7. The third-order valence-electron chi connectivity index (χ3n) is 4.86. The second kappa shape index (κ2) is 5.32. The topological polar surface area (TPSA) is 37.3 Å². The Morgan fingerprint density at radius 1 is 1.05 bits per heavy atom. The van der Waals surface area contributed by atoms with Gasteiger partial charge in [-0.1, -0.05) is 65.3 Å². The number of carboxylic acids is 1. The molecule has 0 aromatic heterocycles. The van der Waals surface area contributed by atoms with Crippen LogP contribution in [0.5, 0.6) is 0 Å². The van der Waals surface area contributed by atoms with Crippen molar-refractivity contribution in [3.05, 3.63) is 46.5 Å². The van der Waals surface area contributed by atoms with Gasteiger partial charge in [-0.15, -0.1) is 0 Å². The number of hydrogen-bond donors (Lipinski definition) is 1. The quantitative estimate of drug-likeness (QED) is 0.805. The first-order valence-electron chi connectivity index (χ1n) is 7.82. The van der Waals surface area contributed by atoms with Crippen molar-refractivity contribution in [2.75, 3.05) is 0 Å². The molecular formula is C19H26O2. The summed E-state index contributed by atoms with van der Waals surface area (Å²) in [5, 5.41) is 9.75. The van der Waals surface area contributed by atoms with Gasteiger partial charge in [-0.2, -0.15) is 0 Å². The highest BCUT2D eigenvalue weighted by Crippen LogP contribution is 2.54. The summed E-state index contributed by atoms with van der Waals surface area (Å²) in [6, 6.07) is 8.38. The average Bonchev–Trinajstić information content (AvgIpc) is 2.57. The molecule has 0 amide bonds. The van der Waals surface area contributed by atoms with Crippen LogP contribution in [0.15, 0.2) is 35.4 Å². The third kappa shape index (κ3) is 2.41. The maximum absolute atomic E-state index is 11.9. The van der Waals surface area contributed by atoms with Gasteiger partial charge < -0.3 is 5.11 Å². The summed E-state index contributed by atoms with van der Waals surface area (Å²) in [7, 11) is 0. The van der Waals surface area contributed by atoms with Gasteiger partial charge in [0.2, 0.25) is 0 Å². The van der Waals surface area contributed by atoms with Gasteiger partial charge >= 0.3 is 5.97 Å². The molecule has 0 unspecified atom stereocenters. The molecule has 0 saturated heterocycles. The fourth-order valence-electron chi connectivity index (χ4n) is 4.07. The molecule has 0 bridgehead atoms. The van der Waals surface area contributed by atoms with Crippen molar-refractivity contribution in [3.63, 3.8) is 0 Å². The highest BCUT2D eigenvalue weighted by molar-refractivity contribution is 5.89. The van der Waals surface area contributed by atoms with Gasteiger partial charge in [0.15, 0.2) is 0 Å². The smallest absolute Gasteiger partial charge is 0.331 e. The van der Waals surface area contributed by atoms with Gasteiger partial charge in [-0.3, -0.25) is 0 Å². The molecule has 21 heavy (non-hydrogen) atoms. The Balaban J connectivity index is 2.71. The Bertz CT molecular complexity index is 554. The molecule has 2 nitrogen and oxygen atoms in total. The van der Waals surface area contributed by atoms with Crippen LogP contribution in [0.4, 0.5) is 0 Å². The maximum atomic E-state index is 11.9. The number of carbonyl (C=O) groups is 1. The molecule has 1 aromatic rings. The molecule has 0 heterocycles. The first-order valence-corrected chi connectivity index (χ1v) is 7.82. The van der Waals surface area contributed by atoms with E-state index in [0.717, 1.165) is 18.4 Å². The molecule has 0 spiro atoms. The van der Waals surface area contributed by atoms with E-state index in [4.69, 9.17) is 0 Å². The number of hydrogen-bond acceptors (Lipinski definition) is 1. The normalized spacial score (nSPS) is 18.4. The molecule has 0 aliphatic heterocycles. The lowest BCUT2D eigenvalue weighted by Crippen LogP contribution is -2.27. The molecule has 0 atom stereocenters. The van der Waals surface area contributed by atoms with Crippen LogP contribution in [0.25, 0.3) is 0 Å². The van der Waals surface area contributed by atoms with E-state index in [0.29, 0.717) is 12.0 Å². The van der Waals surface area contributed by atoms with E-state index >= 15 is 0 Å². The van der Waals surface area contributed by atoms with Crippen LogP contribution in [0, 0.1) is 0 Å². The third-order valence-corrected chi connectivity index (χ3v) is 4.86. The Morgan fingerprint density at radius 3 is 1.90 bits per heavy atom. The van der Waals surface area contributed by atoms with Gasteiger partial charge in [0.05, 0.1) is 0 Å². The number of allylic oxidation sites excluding steroid dienone is 1. The van der Waals surface area contributed by atoms with E-state index in [1.165, 1.54) is 11.1 Å². The van der Waals surface area contributed by atoms with Gasteiger partial charge in [-0.05, 0) is 29.5 Å². The van der Waals surface area contributed by atoms with Gasteiger partial charge in [-0.25, -0.2) is 4.79 Å². The maximum Gasteiger partial charge on any atom is 0.331 e. The number of fused-ring (bicyclic) bond motifs is 1. The second-order valence-corrected chi connectivity index (χ2v) is 7.06. The lowest BCUT2D eigenvalue weighted by molar-refractivity contribution is -0.133. The summed E-state index contributed by atoms with van der Waals surface area (Å²) in [6.07, 6.45) is 2.59. The Morgan fingerprint density at radius 2 is 1.52 bits per heavy atom. The molecule has 2 heteroatoms. The predicted molar refractivity (Wildman–Crippen MR) is 86.7 cm³/mol. The monoisotopic (exact) mass is 286 g/mol. The number of carboxylic acid groups (broad SMARTS) is 1. The van der Waals surface area contributed by atoms with Crippen LogP contribution in [0.2, 0.25) is 0 Å². The van der Waals surface area contributed by atoms with Crippen LogP contribution in [0.3, 0.4) is 0 Å². The molecule has 2 rings (SSSR count). The van der Waals surface area contributed by atoms with Crippen molar-refractivity contribution in [3.8, 4) is 0 Å². The molecule has 1 aromatic carbocycles. The lowest BCUT2D eigenvalue weighted by atomic mass is 9.72. The molecule has 114 valence electrons. The van der Waals surface area contributed by atoms with Crippen LogP contribution in [-0.2, 0) is 15.6 Å². The first kappa shape index (κ1) is 15.8. The number of unbranched alkanes of at least 4 members (excludes halogenated alkanes) is 1. The predicted octanol–water partition coefficient (Wildman–Crippen LogP) is 4.83. The SMILES string of the molecule is CCCCC(C(=O)O)=C1C(C)(C)c2ccccc2C1(C)C. The Kier molecular flexibility index (Phi) is 4.01. The molecule has 1 aliphatic carbocycles.